The van der Waals surface area contributed by atoms with Crippen molar-refractivity contribution in [3.8, 4) is 0 Å². The molecule has 0 spiro atoms. The molecule has 0 N–H and O–H groups in total. The molecule has 462 valence electrons. The van der Waals surface area contributed by atoms with Crippen molar-refractivity contribution in [3.63, 3.8) is 0 Å². The van der Waals surface area contributed by atoms with Crippen LogP contribution in [-0.2, 0) is 10.8 Å². The zero-order chi connectivity index (χ0) is 65.3. The van der Waals surface area contributed by atoms with Gasteiger partial charge in [0, 0.05) is 0 Å². The first-order valence-electron chi connectivity index (χ1n) is 31.8. The second kappa shape index (κ2) is 36.7. The molecule has 0 bridgehead atoms. The molecule has 0 atom stereocenters. The highest BCUT2D eigenvalue weighted by Gasteiger charge is 2.16. The zero-order valence-electron chi connectivity index (χ0n) is 60.2. The monoisotopic (exact) mass is 1140 g/mol. The number of aryl methyl sites for hydroxylation is 15. The highest BCUT2D eigenvalue weighted by molar-refractivity contribution is 5.42. The molecule has 8 rings (SSSR count). The summed E-state index contributed by atoms with van der Waals surface area (Å²) in [4.78, 5) is 0. The fourth-order valence-corrected chi connectivity index (χ4v) is 10.5. The lowest BCUT2D eigenvalue weighted by molar-refractivity contribution is 0.585. The average Bonchev–Trinajstić information content (AvgIpc) is 3.60. The van der Waals surface area contributed by atoms with Crippen LogP contribution in [0.5, 0.6) is 0 Å². The van der Waals surface area contributed by atoms with Crippen LogP contribution in [0.25, 0.3) is 0 Å². The van der Waals surface area contributed by atoms with E-state index in [0.29, 0.717) is 23.7 Å². The van der Waals surface area contributed by atoms with E-state index in [4.69, 9.17) is 0 Å². The number of hydrogen-bond donors (Lipinski definition) is 0. The van der Waals surface area contributed by atoms with Gasteiger partial charge in [-0.15, -0.1) is 0 Å². The Labute approximate surface area is 525 Å². The van der Waals surface area contributed by atoms with Crippen molar-refractivity contribution in [2.24, 2.45) is 0 Å². The van der Waals surface area contributed by atoms with Crippen molar-refractivity contribution >= 4 is 0 Å². The normalized spacial score (nSPS) is 10.7. The van der Waals surface area contributed by atoms with E-state index in [1.165, 1.54) is 128 Å². The van der Waals surface area contributed by atoms with Gasteiger partial charge in [-0.2, -0.15) is 0 Å². The van der Waals surface area contributed by atoms with Gasteiger partial charge in [0.15, 0.2) is 0 Å². The molecule has 0 fully saturated rings. The van der Waals surface area contributed by atoms with Gasteiger partial charge in [-0.25, -0.2) is 0 Å². The zero-order valence-corrected chi connectivity index (χ0v) is 60.2. The topological polar surface area (TPSA) is 0 Å². The van der Waals surface area contributed by atoms with Gasteiger partial charge in [0.05, 0.1) is 0 Å². The van der Waals surface area contributed by atoms with E-state index in [0.717, 1.165) is 0 Å². The third-order valence-electron chi connectivity index (χ3n) is 15.8. The van der Waals surface area contributed by atoms with Crippen molar-refractivity contribution in [2.75, 3.05) is 0 Å². The van der Waals surface area contributed by atoms with Crippen LogP contribution in [0.3, 0.4) is 0 Å². The molecule has 0 aromatic heterocycles. The highest BCUT2D eigenvalue weighted by Crippen LogP contribution is 2.30. The van der Waals surface area contributed by atoms with E-state index >= 15 is 0 Å². The standard InChI is InChI=1S/C14H22.C12H18.2C11H16.2C10H14.C9H12.C8H10/c1-9(2)13-7-11(5)8-14(10(3)4)12(13)6;1-9-6-7-10(2)11(8-9)12(3,4)5;1-8(2)11-7-9(3)5-6-10(11)4;1-9-7-5-6-8-10(9)11(2,3)4;1-7-5-8(2)10(4)9(3)6-7;1-8(2)10-7-5-4-6-9(10)3;1-7-4-5-8(2)9(3)6-7;1-7-3-5-8(2)6-4-7/h7-10H,1-6H3;6-8H,1-5H3;2*5-8H,1-4H3;5-6H,1-4H3;4-8H,1-3H3;4-6H,1-3H3;3-6H,1-2H3. The molecule has 0 aliphatic heterocycles. The molecule has 0 heteroatoms. The minimum Gasteiger partial charge on any atom is -0.0620 e. The van der Waals surface area contributed by atoms with Crippen molar-refractivity contribution < 1.29 is 0 Å². The molecule has 0 saturated heterocycles. The van der Waals surface area contributed by atoms with Crippen molar-refractivity contribution in [3.05, 3.63) is 280 Å². The van der Waals surface area contributed by atoms with Crippen molar-refractivity contribution in [1.82, 2.24) is 0 Å². The lowest BCUT2D eigenvalue weighted by atomic mass is 9.83. The summed E-state index contributed by atoms with van der Waals surface area (Å²) in [6, 6.07) is 54.5. The van der Waals surface area contributed by atoms with Gasteiger partial charge in [0.1, 0.15) is 0 Å². The fraction of sp³-hybridized carbons (Fsp3) is 0.435. The van der Waals surface area contributed by atoms with Crippen molar-refractivity contribution in [2.45, 2.75) is 249 Å². The molecule has 0 heterocycles. The first-order valence-corrected chi connectivity index (χ1v) is 31.8. The Balaban J connectivity index is 0.000000488. The third-order valence-corrected chi connectivity index (χ3v) is 15.8. The number of benzene rings is 8. The van der Waals surface area contributed by atoms with Crippen LogP contribution < -0.4 is 0 Å². The van der Waals surface area contributed by atoms with Crippen LogP contribution in [0.15, 0.2) is 152 Å². The van der Waals surface area contributed by atoms with E-state index in [1.54, 1.807) is 0 Å². The van der Waals surface area contributed by atoms with Gasteiger partial charge < -0.3 is 0 Å². The average molecular weight is 1140 g/mol. The molecular weight excluding hydrogens is 1020 g/mol. The van der Waals surface area contributed by atoms with Crippen molar-refractivity contribution in [1.29, 1.82) is 0 Å². The molecule has 0 saturated carbocycles. The summed E-state index contributed by atoms with van der Waals surface area (Å²) in [5, 5.41) is 0. The van der Waals surface area contributed by atoms with E-state index in [2.05, 4.69) is 366 Å². The molecule has 85 heavy (non-hydrogen) atoms. The second-order valence-electron chi connectivity index (χ2n) is 27.8. The molecular formula is C85H122. The van der Waals surface area contributed by atoms with Gasteiger partial charge in [0.25, 0.3) is 0 Å². The summed E-state index contributed by atoms with van der Waals surface area (Å²) in [6.45, 7) is 68.2. The SMILES string of the molecule is Cc1cc(C(C)C)c(C)c(C(C)C)c1.Cc1cc(C)c(C)c(C)c1.Cc1ccc(C)c(C(C)(C)C)c1.Cc1ccc(C)c(C(C)C)c1.Cc1ccc(C)c(C)c1.Cc1ccc(C)cc1.Cc1ccccc1C(C)(C)C.Cc1ccccc1C(C)C. The first kappa shape index (κ1) is 76.8. The van der Waals surface area contributed by atoms with Gasteiger partial charge >= 0.3 is 0 Å². The molecule has 0 aliphatic rings. The van der Waals surface area contributed by atoms with Crippen LogP contribution in [0.1, 0.15) is 249 Å². The van der Waals surface area contributed by atoms with Gasteiger partial charge in [-0.1, -0.05) is 288 Å². The summed E-state index contributed by atoms with van der Waals surface area (Å²) < 4.78 is 0. The Kier molecular flexibility index (Phi) is 33.1. The van der Waals surface area contributed by atoms with E-state index in [-0.39, 0.29) is 10.8 Å². The minimum absolute atomic E-state index is 0.274. The second-order valence-corrected chi connectivity index (χ2v) is 27.8. The Hall–Kier alpha value is -6.24. The van der Waals surface area contributed by atoms with E-state index < -0.39 is 0 Å². The molecule has 8 aromatic rings. The lowest BCUT2D eigenvalue weighted by Crippen LogP contribution is -2.13. The molecule has 0 amide bonds. The molecule has 0 nitrogen and oxygen atoms in total. The molecule has 8 aromatic carbocycles. The summed E-state index contributed by atoms with van der Waals surface area (Å²) >= 11 is 0. The highest BCUT2D eigenvalue weighted by atomic mass is 14.2. The van der Waals surface area contributed by atoms with Crippen LogP contribution in [0.2, 0.25) is 0 Å². The summed E-state index contributed by atoms with van der Waals surface area (Å²) in [7, 11) is 0. The smallest absolute Gasteiger partial charge is 0.0129 e. The third kappa shape index (κ3) is 28.7. The summed E-state index contributed by atoms with van der Waals surface area (Å²) in [6.07, 6.45) is 0. The quantitative estimate of drug-likeness (QED) is 0.165. The van der Waals surface area contributed by atoms with E-state index in [9.17, 15) is 0 Å². The Bertz CT molecular complexity index is 3150. The van der Waals surface area contributed by atoms with Gasteiger partial charge in [-0.3, -0.25) is 0 Å². The van der Waals surface area contributed by atoms with Gasteiger partial charge in [-0.05, 0) is 241 Å². The van der Waals surface area contributed by atoms with Gasteiger partial charge in [0.2, 0.25) is 0 Å². The molecule has 0 unspecified atom stereocenters. The first-order chi connectivity index (χ1) is 39.3. The van der Waals surface area contributed by atoms with Crippen LogP contribution in [0.4, 0.5) is 0 Å². The fourth-order valence-electron chi connectivity index (χ4n) is 10.5. The predicted octanol–water partition coefficient (Wildman–Crippen LogP) is 25.8. The Morgan fingerprint density at radius 1 is 0.212 bits per heavy atom. The lowest BCUT2D eigenvalue weighted by Gasteiger charge is -2.22. The van der Waals surface area contributed by atoms with Crippen LogP contribution in [-0.4, -0.2) is 0 Å². The Morgan fingerprint density at radius 3 is 0.859 bits per heavy atom. The maximum absolute atomic E-state index is 2.33. The van der Waals surface area contributed by atoms with Crippen LogP contribution in [0, 0.1) is 118 Å². The predicted molar refractivity (Wildman–Crippen MR) is 386 cm³/mol. The Morgan fingerprint density at radius 2 is 0.518 bits per heavy atom. The maximum atomic E-state index is 2.33. The molecule has 0 radical (unpaired) electrons. The van der Waals surface area contributed by atoms with Crippen LogP contribution >= 0.6 is 0 Å². The summed E-state index contributed by atoms with van der Waals surface area (Å²) in [5.41, 5.74) is 32.9. The summed E-state index contributed by atoms with van der Waals surface area (Å²) in [5.74, 6) is 2.57. The van der Waals surface area contributed by atoms with E-state index in [1.807, 2.05) is 0 Å². The molecule has 0 aliphatic carbocycles. The number of hydrogen-bond acceptors (Lipinski definition) is 0. The number of rotatable bonds is 4. The minimum atomic E-state index is 0.274. The maximum Gasteiger partial charge on any atom is -0.0129 e. The largest absolute Gasteiger partial charge is 0.0620 e.